The standard InChI is InChI=1S/C19H19F3N2O3/c20-19(21,22)27-15-6-4-12(5-7-15)13-2-1-3-14(10-13)18(26)24-16-8-9-23-11-17(16)25/h1-7,10,16-17,23,25H,8-9,11H2,(H,24,26)/t16-,17-/m1/s1. The summed E-state index contributed by atoms with van der Waals surface area (Å²) in [6.07, 6.45) is -4.75. The number of aliphatic hydroxyl groups is 1. The lowest BCUT2D eigenvalue weighted by atomic mass is 10.0. The van der Waals surface area contributed by atoms with Gasteiger partial charge in [-0.3, -0.25) is 4.79 Å². The third kappa shape index (κ3) is 5.21. The first kappa shape index (κ1) is 19.2. The fraction of sp³-hybridized carbons (Fsp3) is 0.316. The van der Waals surface area contributed by atoms with Gasteiger partial charge in [0.2, 0.25) is 0 Å². The zero-order valence-electron chi connectivity index (χ0n) is 14.3. The Morgan fingerprint density at radius 2 is 1.89 bits per heavy atom. The fourth-order valence-electron chi connectivity index (χ4n) is 2.95. The van der Waals surface area contributed by atoms with Gasteiger partial charge in [0, 0.05) is 12.1 Å². The number of amides is 1. The summed E-state index contributed by atoms with van der Waals surface area (Å²) in [7, 11) is 0. The van der Waals surface area contributed by atoms with Crippen LogP contribution in [0.1, 0.15) is 16.8 Å². The lowest BCUT2D eigenvalue weighted by molar-refractivity contribution is -0.274. The van der Waals surface area contributed by atoms with E-state index >= 15 is 0 Å². The highest BCUT2D eigenvalue weighted by molar-refractivity contribution is 5.95. The summed E-state index contributed by atoms with van der Waals surface area (Å²) in [6, 6.07) is 11.9. The van der Waals surface area contributed by atoms with Crippen molar-refractivity contribution in [1.82, 2.24) is 10.6 Å². The van der Waals surface area contributed by atoms with Gasteiger partial charge in [-0.2, -0.15) is 0 Å². The summed E-state index contributed by atoms with van der Waals surface area (Å²) in [5, 5.41) is 15.8. The zero-order chi connectivity index (χ0) is 19.4. The molecule has 1 aliphatic rings. The average Bonchev–Trinajstić information content (AvgIpc) is 2.63. The van der Waals surface area contributed by atoms with Crippen LogP contribution in [0.2, 0.25) is 0 Å². The SMILES string of the molecule is O=C(N[C@@H]1CCNC[C@H]1O)c1cccc(-c2ccc(OC(F)(F)F)cc2)c1. The number of hydrogen-bond donors (Lipinski definition) is 3. The molecular formula is C19H19F3N2O3. The Labute approximate surface area is 154 Å². The summed E-state index contributed by atoms with van der Waals surface area (Å²) in [4.78, 5) is 12.5. The monoisotopic (exact) mass is 380 g/mol. The van der Waals surface area contributed by atoms with Gasteiger partial charge in [-0.25, -0.2) is 0 Å². The summed E-state index contributed by atoms with van der Waals surface area (Å²) < 4.78 is 40.6. The quantitative estimate of drug-likeness (QED) is 0.763. The molecule has 2 atom stereocenters. The van der Waals surface area contributed by atoms with Gasteiger partial charge in [0.05, 0.1) is 12.1 Å². The van der Waals surface area contributed by atoms with Gasteiger partial charge >= 0.3 is 6.36 Å². The van der Waals surface area contributed by atoms with Gasteiger partial charge in [-0.15, -0.1) is 13.2 Å². The molecule has 2 aromatic rings. The maximum absolute atomic E-state index is 12.5. The molecule has 0 unspecified atom stereocenters. The Balaban J connectivity index is 1.72. The van der Waals surface area contributed by atoms with Crippen molar-refractivity contribution >= 4 is 5.91 Å². The van der Waals surface area contributed by atoms with Crippen LogP contribution in [0.15, 0.2) is 48.5 Å². The number of rotatable bonds is 4. The van der Waals surface area contributed by atoms with E-state index in [1.54, 1.807) is 24.3 Å². The van der Waals surface area contributed by atoms with E-state index < -0.39 is 12.5 Å². The van der Waals surface area contributed by atoms with Gasteiger partial charge < -0.3 is 20.5 Å². The second-order valence-corrected chi connectivity index (χ2v) is 6.29. The summed E-state index contributed by atoms with van der Waals surface area (Å²) in [6.45, 7) is 1.14. The van der Waals surface area contributed by atoms with E-state index in [1.165, 1.54) is 24.3 Å². The molecule has 0 bridgehead atoms. The highest BCUT2D eigenvalue weighted by Gasteiger charge is 2.31. The molecule has 3 rings (SSSR count). The molecule has 0 spiro atoms. The molecule has 2 aromatic carbocycles. The van der Waals surface area contributed by atoms with E-state index in [0.29, 0.717) is 36.2 Å². The number of nitrogens with one attached hydrogen (secondary N) is 2. The number of ether oxygens (including phenoxy) is 1. The number of β-amino-alcohol motifs (C(OH)–C–C–N with tert-alkyl or cyclic N) is 1. The lowest BCUT2D eigenvalue weighted by Gasteiger charge is -2.29. The minimum absolute atomic E-state index is 0.306. The first-order valence-electron chi connectivity index (χ1n) is 8.48. The lowest BCUT2D eigenvalue weighted by Crippen LogP contribution is -2.52. The average molecular weight is 380 g/mol. The van der Waals surface area contributed by atoms with Crippen molar-refractivity contribution in [1.29, 1.82) is 0 Å². The van der Waals surface area contributed by atoms with Gasteiger partial charge in [0.1, 0.15) is 5.75 Å². The van der Waals surface area contributed by atoms with Crippen LogP contribution in [-0.2, 0) is 0 Å². The molecule has 8 heteroatoms. The molecule has 27 heavy (non-hydrogen) atoms. The third-order valence-corrected chi connectivity index (χ3v) is 4.31. The first-order valence-corrected chi connectivity index (χ1v) is 8.48. The van der Waals surface area contributed by atoms with Crippen molar-refractivity contribution in [2.75, 3.05) is 13.1 Å². The minimum Gasteiger partial charge on any atom is -0.406 e. The number of alkyl halides is 3. The van der Waals surface area contributed by atoms with Crippen LogP contribution in [0.3, 0.4) is 0 Å². The zero-order valence-corrected chi connectivity index (χ0v) is 14.3. The number of aliphatic hydroxyl groups excluding tert-OH is 1. The van der Waals surface area contributed by atoms with Crippen molar-refractivity contribution in [2.45, 2.75) is 24.9 Å². The highest BCUT2D eigenvalue weighted by atomic mass is 19.4. The molecule has 1 saturated heterocycles. The predicted octanol–water partition coefficient (Wildman–Crippen LogP) is 2.70. The van der Waals surface area contributed by atoms with Gasteiger partial charge in [0.25, 0.3) is 5.91 Å². The Morgan fingerprint density at radius 1 is 1.15 bits per heavy atom. The Morgan fingerprint density at radius 3 is 2.56 bits per heavy atom. The van der Waals surface area contributed by atoms with Crippen LogP contribution in [-0.4, -0.2) is 42.6 Å². The molecule has 1 aliphatic heterocycles. The Hall–Kier alpha value is -2.58. The maximum Gasteiger partial charge on any atom is 0.573 e. The highest BCUT2D eigenvalue weighted by Crippen LogP contribution is 2.27. The van der Waals surface area contributed by atoms with Crippen LogP contribution in [0.25, 0.3) is 11.1 Å². The molecular weight excluding hydrogens is 361 g/mol. The van der Waals surface area contributed by atoms with Gasteiger partial charge in [-0.05, 0) is 48.4 Å². The Bertz CT molecular complexity index is 794. The minimum atomic E-state index is -4.74. The number of halogens is 3. The summed E-state index contributed by atoms with van der Waals surface area (Å²) >= 11 is 0. The van der Waals surface area contributed by atoms with Crippen molar-refractivity contribution < 1.29 is 27.8 Å². The van der Waals surface area contributed by atoms with Gasteiger partial charge in [0.15, 0.2) is 0 Å². The molecule has 0 radical (unpaired) electrons. The number of hydrogen-bond acceptors (Lipinski definition) is 4. The van der Waals surface area contributed by atoms with E-state index in [9.17, 15) is 23.1 Å². The summed E-state index contributed by atoms with van der Waals surface area (Å²) in [5.74, 6) is -0.611. The van der Waals surface area contributed by atoms with Crippen molar-refractivity contribution in [3.8, 4) is 16.9 Å². The van der Waals surface area contributed by atoms with E-state index in [0.717, 1.165) is 0 Å². The van der Waals surface area contributed by atoms with Crippen LogP contribution in [0, 0.1) is 0 Å². The molecule has 1 amide bonds. The largest absolute Gasteiger partial charge is 0.573 e. The van der Waals surface area contributed by atoms with Crippen molar-refractivity contribution in [2.24, 2.45) is 0 Å². The third-order valence-electron chi connectivity index (χ3n) is 4.31. The number of carbonyl (C=O) groups excluding carboxylic acids is 1. The Kier molecular flexibility index (Phi) is 5.67. The molecule has 3 N–H and O–H groups in total. The first-order chi connectivity index (χ1) is 12.8. The van der Waals surface area contributed by atoms with E-state index in [4.69, 9.17) is 0 Å². The molecule has 5 nitrogen and oxygen atoms in total. The molecule has 144 valence electrons. The topological polar surface area (TPSA) is 70.6 Å². The molecule has 1 fully saturated rings. The summed E-state index contributed by atoms with van der Waals surface area (Å²) in [5.41, 5.74) is 1.75. The van der Waals surface area contributed by atoms with Crippen LogP contribution >= 0.6 is 0 Å². The smallest absolute Gasteiger partial charge is 0.406 e. The predicted molar refractivity (Wildman–Crippen MR) is 93.3 cm³/mol. The second-order valence-electron chi connectivity index (χ2n) is 6.29. The van der Waals surface area contributed by atoms with Crippen LogP contribution < -0.4 is 15.4 Å². The number of carbonyl (C=O) groups is 1. The van der Waals surface area contributed by atoms with Gasteiger partial charge in [-0.1, -0.05) is 24.3 Å². The van der Waals surface area contributed by atoms with Crippen LogP contribution in [0.5, 0.6) is 5.75 Å². The maximum atomic E-state index is 12.5. The molecule has 0 saturated carbocycles. The van der Waals surface area contributed by atoms with E-state index in [-0.39, 0.29) is 17.7 Å². The van der Waals surface area contributed by atoms with Crippen LogP contribution in [0.4, 0.5) is 13.2 Å². The van der Waals surface area contributed by atoms with Crippen molar-refractivity contribution in [3.63, 3.8) is 0 Å². The van der Waals surface area contributed by atoms with E-state index in [2.05, 4.69) is 15.4 Å². The van der Waals surface area contributed by atoms with Crippen molar-refractivity contribution in [3.05, 3.63) is 54.1 Å². The normalized spacial score (nSPS) is 20.1. The molecule has 1 heterocycles. The number of benzene rings is 2. The number of piperidine rings is 1. The fourth-order valence-corrected chi connectivity index (χ4v) is 2.95. The van der Waals surface area contributed by atoms with E-state index in [1.807, 2.05) is 0 Å². The second kappa shape index (κ2) is 7.98. The molecule has 0 aliphatic carbocycles. The molecule has 0 aromatic heterocycles.